The molecule has 1 spiro atoms. The van der Waals surface area contributed by atoms with Crippen molar-refractivity contribution in [3.63, 3.8) is 0 Å². The van der Waals surface area contributed by atoms with Gasteiger partial charge in [0.05, 0.1) is 19.4 Å². The van der Waals surface area contributed by atoms with Crippen LogP contribution in [0.3, 0.4) is 0 Å². The normalized spacial score (nSPS) is 24.0. The first-order valence-corrected chi connectivity index (χ1v) is 21.3. The Balaban J connectivity index is 1.03. The van der Waals surface area contributed by atoms with Crippen LogP contribution in [0.25, 0.3) is 0 Å². The zero-order valence-corrected chi connectivity index (χ0v) is 31.1. The smallest absolute Gasteiger partial charge is 0.330 e. The van der Waals surface area contributed by atoms with Gasteiger partial charge in [-0.2, -0.15) is 9.97 Å². The molecule has 11 nitrogen and oxygen atoms in total. The van der Waals surface area contributed by atoms with Crippen molar-refractivity contribution in [3.05, 3.63) is 6.07 Å². The molecular weight excluding hydrogens is 623 g/mol. The second kappa shape index (κ2) is 19.2. The van der Waals surface area contributed by atoms with Crippen molar-refractivity contribution in [2.45, 2.75) is 122 Å². The Kier molecular flexibility index (Phi) is 15.1. The fourth-order valence-corrected chi connectivity index (χ4v) is 10.4. The quantitative estimate of drug-likeness (QED) is 0.0968. The minimum absolute atomic E-state index is 0.117. The van der Waals surface area contributed by atoms with Crippen LogP contribution in [0.2, 0.25) is 0 Å². The average Bonchev–Trinajstić information content (AvgIpc) is 3.55. The Bertz CT molecular complexity index is 1110. The molecule has 0 unspecified atom stereocenters. The fourth-order valence-electron chi connectivity index (χ4n) is 8.78. The Morgan fingerprint density at radius 1 is 0.896 bits per heavy atom. The van der Waals surface area contributed by atoms with Crippen LogP contribution in [0.5, 0.6) is 0 Å². The van der Waals surface area contributed by atoms with Gasteiger partial charge in [0, 0.05) is 43.8 Å². The van der Waals surface area contributed by atoms with E-state index in [4.69, 9.17) is 19.8 Å². The van der Waals surface area contributed by atoms with Crippen molar-refractivity contribution < 1.29 is 13.6 Å². The maximum absolute atomic E-state index is 13.0. The number of nitrogens with zero attached hydrogens (tertiary/aromatic N) is 4. The summed E-state index contributed by atoms with van der Waals surface area (Å²) in [7, 11) is -3.01. The Morgan fingerprint density at radius 3 is 2.31 bits per heavy atom. The van der Waals surface area contributed by atoms with Crippen molar-refractivity contribution >= 4 is 25.2 Å². The van der Waals surface area contributed by atoms with Crippen molar-refractivity contribution in [1.29, 1.82) is 0 Å². The van der Waals surface area contributed by atoms with E-state index in [-0.39, 0.29) is 5.54 Å². The first kappa shape index (κ1) is 37.8. The van der Waals surface area contributed by atoms with Crippen LogP contribution in [0, 0.1) is 11.8 Å². The molecule has 3 saturated carbocycles. The summed E-state index contributed by atoms with van der Waals surface area (Å²) in [5, 5.41) is 11.1. The summed E-state index contributed by atoms with van der Waals surface area (Å²) >= 11 is 0. The molecule has 3 aliphatic carbocycles. The van der Waals surface area contributed by atoms with Crippen LogP contribution in [0.1, 0.15) is 110 Å². The minimum Gasteiger partial charge on any atom is -0.383 e. The van der Waals surface area contributed by atoms with Gasteiger partial charge in [0.2, 0.25) is 5.95 Å². The molecule has 1 aromatic heterocycles. The summed E-state index contributed by atoms with van der Waals surface area (Å²) in [6, 6.07) is 2.71. The summed E-state index contributed by atoms with van der Waals surface area (Å²) in [5.74, 6) is 3.55. The Hall–Kier alpha value is -1.49. The molecule has 5 N–H and O–H groups in total. The van der Waals surface area contributed by atoms with Crippen LogP contribution < -0.4 is 26.6 Å². The first-order chi connectivity index (χ1) is 23.4. The lowest BCUT2D eigenvalue weighted by atomic mass is 9.82. The number of hydrogen-bond acceptors (Lipinski definition) is 11. The summed E-state index contributed by atoms with van der Waals surface area (Å²) in [5.41, 5.74) is 6.46. The van der Waals surface area contributed by atoms with Crippen molar-refractivity contribution in [2.75, 3.05) is 87.7 Å². The third kappa shape index (κ3) is 11.3. The van der Waals surface area contributed by atoms with Crippen LogP contribution in [-0.4, -0.2) is 98.2 Å². The molecule has 1 saturated heterocycles. The van der Waals surface area contributed by atoms with Gasteiger partial charge in [0.1, 0.15) is 11.6 Å². The van der Waals surface area contributed by atoms with Gasteiger partial charge in [0.25, 0.3) is 0 Å². The molecule has 5 rings (SSSR count). The summed E-state index contributed by atoms with van der Waals surface area (Å²) < 4.78 is 24.1. The number of nitrogens with two attached hydrogens (primary N) is 1. The highest BCUT2D eigenvalue weighted by Crippen LogP contribution is 2.49. The molecule has 2 heterocycles. The molecule has 0 atom stereocenters. The van der Waals surface area contributed by atoms with E-state index < -0.39 is 7.60 Å². The molecule has 274 valence electrons. The van der Waals surface area contributed by atoms with E-state index in [9.17, 15) is 4.57 Å². The van der Waals surface area contributed by atoms with E-state index in [1.54, 1.807) is 0 Å². The zero-order valence-electron chi connectivity index (χ0n) is 30.2. The van der Waals surface area contributed by atoms with Crippen LogP contribution >= 0.6 is 7.60 Å². The van der Waals surface area contributed by atoms with Crippen molar-refractivity contribution in [1.82, 2.24) is 25.5 Å². The summed E-state index contributed by atoms with van der Waals surface area (Å²) in [6.07, 6.45) is 19.4. The predicted molar refractivity (Wildman–Crippen MR) is 198 cm³/mol. The van der Waals surface area contributed by atoms with Gasteiger partial charge >= 0.3 is 7.60 Å². The largest absolute Gasteiger partial charge is 0.383 e. The molecule has 1 aliphatic heterocycles. The van der Waals surface area contributed by atoms with Crippen LogP contribution in [0.4, 0.5) is 17.6 Å². The molecule has 0 radical (unpaired) electrons. The molecule has 1 aromatic rings. The minimum atomic E-state index is -3.01. The van der Waals surface area contributed by atoms with Gasteiger partial charge in [-0.05, 0) is 116 Å². The fraction of sp³-hybridized carbons (Fsp3) is 0.889. The maximum atomic E-state index is 13.0. The third-order valence-corrected chi connectivity index (χ3v) is 13.6. The summed E-state index contributed by atoms with van der Waals surface area (Å²) in [6.45, 7) is 12.6. The van der Waals surface area contributed by atoms with E-state index in [0.717, 1.165) is 76.6 Å². The number of nitrogen functional groups attached to an aromatic ring is 1. The molecule has 0 amide bonds. The monoisotopic (exact) mass is 691 g/mol. The highest BCUT2D eigenvalue weighted by molar-refractivity contribution is 7.53. The van der Waals surface area contributed by atoms with E-state index in [1.807, 2.05) is 19.9 Å². The molecular formula is C36H67N8O3P. The van der Waals surface area contributed by atoms with E-state index in [0.29, 0.717) is 37.1 Å². The van der Waals surface area contributed by atoms with Crippen LogP contribution in [0.15, 0.2) is 6.07 Å². The molecule has 4 fully saturated rings. The highest BCUT2D eigenvalue weighted by Gasteiger charge is 2.44. The lowest BCUT2D eigenvalue weighted by molar-refractivity contribution is 0.0772. The Morgan fingerprint density at radius 2 is 1.60 bits per heavy atom. The average molecular weight is 691 g/mol. The zero-order chi connectivity index (χ0) is 33.7. The molecule has 48 heavy (non-hydrogen) atoms. The number of hydrogen-bond donors (Lipinski definition) is 4. The molecule has 0 aromatic carbocycles. The SMILES string of the molecule is CCOP(=O)(CCCN1CCN(c2cc(N)nc(NCC3CCC(CNCCCNC4CCCCC4)CC3)n2)CC12CCCC2)OCC. The first-order valence-electron chi connectivity index (χ1n) is 19.6. The van der Waals surface area contributed by atoms with E-state index >= 15 is 0 Å². The number of anilines is 3. The van der Waals surface area contributed by atoms with Gasteiger partial charge in [-0.1, -0.05) is 32.1 Å². The number of rotatable bonds is 19. The van der Waals surface area contributed by atoms with Crippen molar-refractivity contribution in [2.24, 2.45) is 11.8 Å². The molecule has 12 heteroatoms. The highest BCUT2D eigenvalue weighted by atomic mass is 31.2. The van der Waals surface area contributed by atoms with Crippen LogP contribution in [-0.2, 0) is 13.6 Å². The second-order valence-electron chi connectivity index (χ2n) is 15.0. The second-order valence-corrected chi connectivity index (χ2v) is 17.1. The number of aromatic nitrogens is 2. The number of piperazine rings is 1. The molecule has 4 aliphatic rings. The van der Waals surface area contributed by atoms with Gasteiger partial charge in [-0.3, -0.25) is 9.46 Å². The Labute approximate surface area is 291 Å². The standard InChI is InChI=1S/C36H67N8O3P/c1-3-46-48(45,47-4-2)25-11-22-44-24-23-43(29-36(44)18-8-9-19-36)34-26-33(37)41-35(42-34)40-28-31-16-14-30(15-17-31)27-38-20-10-21-39-32-12-6-5-7-13-32/h26,30-32,38-39H,3-25,27-29H2,1-2H3,(H3,37,40,41,42). The van der Waals surface area contributed by atoms with E-state index in [2.05, 4.69) is 30.7 Å². The number of nitrogens with one attached hydrogen (secondary N) is 3. The van der Waals surface area contributed by atoms with Gasteiger partial charge in [-0.15, -0.1) is 0 Å². The summed E-state index contributed by atoms with van der Waals surface area (Å²) in [4.78, 5) is 14.6. The maximum Gasteiger partial charge on any atom is 0.330 e. The van der Waals surface area contributed by atoms with Gasteiger partial charge < -0.3 is 35.6 Å². The van der Waals surface area contributed by atoms with Gasteiger partial charge in [0.15, 0.2) is 0 Å². The lowest BCUT2D eigenvalue weighted by Gasteiger charge is -2.50. The molecule has 0 bridgehead atoms. The third-order valence-electron chi connectivity index (χ3n) is 11.4. The van der Waals surface area contributed by atoms with Crippen molar-refractivity contribution in [3.8, 4) is 0 Å². The topological polar surface area (TPSA) is 130 Å². The lowest BCUT2D eigenvalue weighted by Crippen LogP contribution is -2.61. The predicted octanol–water partition coefficient (Wildman–Crippen LogP) is 6.27. The van der Waals surface area contributed by atoms with E-state index in [1.165, 1.54) is 89.9 Å². The van der Waals surface area contributed by atoms with Gasteiger partial charge in [-0.25, -0.2) is 0 Å².